The monoisotopic (exact) mass is 313 g/mol. The lowest BCUT2D eigenvalue weighted by molar-refractivity contribution is 0.502. The predicted molar refractivity (Wildman–Crippen MR) is 109 cm³/mol. The van der Waals surface area contributed by atoms with E-state index in [1.165, 1.54) is 0 Å². The molecule has 0 heterocycles. The Morgan fingerprint density at radius 3 is 0.864 bits per heavy atom. The van der Waals surface area contributed by atoms with Gasteiger partial charge in [-0.25, -0.2) is 0 Å². The smallest absolute Gasteiger partial charge is 0.0520 e. The third kappa shape index (κ3) is 36.6. The molecule has 0 radical (unpaired) electrons. The third-order valence-corrected chi connectivity index (χ3v) is 1.92. The summed E-state index contributed by atoms with van der Waals surface area (Å²) < 4.78 is 0. The van der Waals surface area contributed by atoms with Gasteiger partial charge in [0.05, 0.1) is 5.54 Å². The topological polar surface area (TPSA) is 12.4 Å². The standard InChI is InChI=1S/C10H20.C9H19N.2CH4/c1-9(2,3)7-8-10(4,5)6;1-8(2,3)7-10-9(4,5)6;;/h7-8H,1-6H3;7H,1-6H3;2*1H4. The summed E-state index contributed by atoms with van der Waals surface area (Å²) >= 11 is 0. The van der Waals surface area contributed by atoms with Crippen molar-refractivity contribution in [3.63, 3.8) is 0 Å². The second kappa shape index (κ2) is 10.2. The van der Waals surface area contributed by atoms with E-state index < -0.39 is 0 Å². The Labute approximate surface area is 143 Å². The Balaban J connectivity index is -0.000000135. The number of allylic oxidation sites excluding steroid dienone is 2. The van der Waals surface area contributed by atoms with Crippen LogP contribution in [0.25, 0.3) is 0 Å². The van der Waals surface area contributed by atoms with Crippen LogP contribution in [-0.4, -0.2) is 11.8 Å². The van der Waals surface area contributed by atoms with E-state index in [0.29, 0.717) is 10.8 Å². The number of aliphatic imine (C=N–C) groups is 1. The predicted octanol–water partition coefficient (Wildman–Crippen LogP) is 7.81. The molecule has 0 aromatic carbocycles. The molecule has 0 bridgehead atoms. The normalized spacial score (nSPS) is 13.3. The van der Waals surface area contributed by atoms with E-state index in [-0.39, 0.29) is 25.8 Å². The van der Waals surface area contributed by atoms with Gasteiger partial charge in [-0.2, -0.15) is 0 Å². The number of rotatable bonds is 0. The molecule has 0 aliphatic carbocycles. The lowest BCUT2D eigenvalue weighted by Crippen LogP contribution is -2.14. The van der Waals surface area contributed by atoms with Gasteiger partial charge in [-0.3, -0.25) is 4.99 Å². The van der Waals surface area contributed by atoms with Crippen LogP contribution in [0, 0.1) is 16.2 Å². The highest BCUT2D eigenvalue weighted by Gasteiger charge is 2.10. The minimum atomic E-state index is 0. The van der Waals surface area contributed by atoms with Crippen molar-refractivity contribution in [2.45, 2.75) is 103 Å². The fourth-order valence-electron chi connectivity index (χ4n) is 0.887. The number of hydrogen-bond acceptors (Lipinski definition) is 1. The van der Waals surface area contributed by atoms with Crippen LogP contribution in [0.3, 0.4) is 0 Å². The fourth-order valence-corrected chi connectivity index (χ4v) is 0.887. The molecule has 0 aromatic heterocycles. The van der Waals surface area contributed by atoms with Crippen molar-refractivity contribution < 1.29 is 0 Å². The van der Waals surface area contributed by atoms with E-state index in [1.54, 1.807) is 0 Å². The molecule has 22 heavy (non-hydrogen) atoms. The molecular formula is C21H47N. The molecule has 0 rings (SSSR count). The molecule has 0 saturated heterocycles. The van der Waals surface area contributed by atoms with Gasteiger partial charge in [-0.1, -0.05) is 89.3 Å². The van der Waals surface area contributed by atoms with Crippen molar-refractivity contribution in [3.05, 3.63) is 12.2 Å². The fraction of sp³-hybridized carbons (Fsp3) is 0.857. The van der Waals surface area contributed by atoms with Crippen LogP contribution in [0.1, 0.15) is 97.9 Å². The van der Waals surface area contributed by atoms with Crippen molar-refractivity contribution >= 4 is 6.21 Å². The summed E-state index contributed by atoms with van der Waals surface area (Å²) in [5.41, 5.74) is 0.946. The van der Waals surface area contributed by atoms with Gasteiger partial charge in [0.25, 0.3) is 0 Å². The van der Waals surface area contributed by atoms with E-state index >= 15 is 0 Å². The second-order valence-electron chi connectivity index (χ2n) is 9.86. The zero-order valence-electron chi connectivity index (χ0n) is 16.2. The van der Waals surface area contributed by atoms with Crippen LogP contribution in [0.4, 0.5) is 0 Å². The highest BCUT2D eigenvalue weighted by atomic mass is 14.8. The Morgan fingerprint density at radius 1 is 0.500 bits per heavy atom. The van der Waals surface area contributed by atoms with Crippen molar-refractivity contribution in [2.24, 2.45) is 21.2 Å². The molecule has 0 aliphatic rings. The summed E-state index contributed by atoms with van der Waals surface area (Å²) in [6.45, 7) is 26.1. The summed E-state index contributed by atoms with van der Waals surface area (Å²) in [5, 5.41) is 0. The Morgan fingerprint density at radius 2 is 0.773 bits per heavy atom. The molecule has 0 spiro atoms. The summed E-state index contributed by atoms with van der Waals surface area (Å²) in [7, 11) is 0. The Kier molecular flexibility index (Phi) is 13.7. The summed E-state index contributed by atoms with van der Waals surface area (Å²) in [6.07, 6.45) is 6.56. The average Bonchev–Trinajstić information content (AvgIpc) is 2.09. The molecule has 1 nitrogen and oxygen atoms in total. The van der Waals surface area contributed by atoms with Crippen LogP contribution in [0.15, 0.2) is 17.1 Å². The number of hydrogen-bond donors (Lipinski definition) is 0. The summed E-state index contributed by atoms with van der Waals surface area (Å²) in [4.78, 5) is 4.40. The van der Waals surface area contributed by atoms with Crippen molar-refractivity contribution in [1.82, 2.24) is 0 Å². The van der Waals surface area contributed by atoms with E-state index in [1.807, 2.05) is 6.21 Å². The zero-order chi connectivity index (χ0) is 16.8. The first kappa shape index (κ1) is 29.4. The molecule has 0 unspecified atom stereocenters. The van der Waals surface area contributed by atoms with Gasteiger partial charge in [-0.15, -0.1) is 0 Å². The Bertz CT molecular complexity index is 240. The van der Waals surface area contributed by atoms with Crippen molar-refractivity contribution in [1.29, 1.82) is 0 Å². The lowest BCUT2D eigenvalue weighted by Gasteiger charge is -2.17. The van der Waals surface area contributed by atoms with Crippen LogP contribution < -0.4 is 0 Å². The zero-order valence-corrected chi connectivity index (χ0v) is 16.2. The summed E-state index contributed by atoms with van der Waals surface area (Å²) in [6, 6.07) is 0. The first-order valence-electron chi connectivity index (χ1n) is 7.68. The van der Waals surface area contributed by atoms with Gasteiger partial charge >= 0.3 is 0 Å². The van der Waals surface area contributed by atoms with Gasteiger partial charge in [0, 0.05) is 6.21 Å². The van der Waals surface area contributed by atoms with Crippen LogP contribution >= 0.6 is 0 Å². The largest absolute Gasteiger partial charge is 0.291 e. The molecule has 136 valence electrons. The quantitative estimate of drug-likeness (QED) is 0.319. The highest BCUT2D eigenvalue weighted by Crippen LogP contribution is 2.21. The van der Waals surface area contributed by atoms with Gasteiger partial charge in [-0.05, 0) is 37.0 Å². The first-order chi connectivity index (χ1) is 8.41. The molecule has 1 heteroatoms. The van der Waals surface area contributed by atoms with Crippen LogP contribution in [-0.2, 0) is 0 Å². The highest BCUT2D eigenvalue weighted by molar-refractivity contribution is 5.64. The average molecular weight is 314 g/mol. The third-order valence-electron chi connectivity index (χ3n) is 1.92. The molecule has 0 N–H and O–H groups in total. The van der Waals surface area contributed by atoms with Crippen LogP contribution in [0.2, 0.25) is 0 Å². The maximum atomic E-state index is 4.40. The van der Waals surface area contributed by atoms with E-state index in [4.69, 9.17) is 0 Å². The molecule has 0 amide bonds. The van der Waals surface area contributed by atoms with E-state index in [2.05, 4.69) is 100 Å². The van der Waals surface area contributed by atoms with Gasteiger partial charge in [0.2, 0.25) is 0 Å². The molecule has 0 aliphatic heterocycles. The van der Waals surface area contributed by atoms with Crippen molar-refractivity contribution in [2.75, 3.05) is 0 Å². The lowest BCUT2D eigenvalue weighted by atomic mass is 9.89. The van der Waals surface area contributed by atoms with Crippen molar-refractivity contribution in [3.8, 4) is 0 Å². The van der Waals surface area contributed by atoms with Gasteiger partial charge < -0.3 is 0 Å². The number of nitrogens with zero attached hydrogens (tertiary/aromatic N) is 1. The maximum Gasteiger partial charge on any atom is 0.0520 e. The minimum Gasteiger partial charge on any atom is -0.291 e. The molecule has 0 saturated carbocycles. The Hall–Kier alpha value is -0.590. The minimum absolute atomic E-state index is 0. The second-order valence-corrected chi connectivity index (χ2v) is 9.86. The van der Waals surface area contributed by atoms with E-state index in [9.17, 15) is 0 Å². The first-order valence-corrected chi connectivity index (χ1v) is 7.68. The maximum absolute atomic E-state index is 4.40. The summed E-state index contributed by atoms with van der Waals surface area (Å²) in [5.74, 6) is 0. The van der Waals surface area contributed by atoms with Gasteiger partial charge in [0.15, 0.2) is 0 Å². The molecule has 0 fully saturated rings. The SMILES string of the molecule is C.C.CC(C)(C)C=CC(C)(C)C.CC(C)(C)C=NC(C)(C)C. The molecular weight excluding hydrogens is 266 g/mol. The van der Waals surface area contributed by atoms with E-state index in [0.717, 1.165) is 0 Å². The van der Waals surface area contributed by atoms with Gasteiger partial charge in [0.1, 0.15) is 0 Å². The molecule has 0 atom stereocenters. The van der Waals surface area contributed by atoms with Crippen LogP contribution in [0.5, 0.6) is 0 Å². The molecule has 0 aromatic rings.